The predicted molar refractivity (Wildman–Crippen MR) is 79.6 cm³/mol. The van der Waals surface area contributed by atoms with Crippen molar-refractivity contribution >= 4 is 44.6 Å². The number of para-hydroxylation sites is 1. The summed E-state index contributed by atoms with van der Waals surface area (Å²) in [6.45, 7) is 7.66. The molecule has 0 amide bonds. The Bertz CT molecular complexity index is 557. The van der Waals surface area contributed by atoms with E-state index in [0.29, 0.717) is 0 Å². The van der Waals surface area contributed by atoms with Crippen molar-refractivity contribution in [2.45, 2.75) is 4.90 Å². The van der Waals surface area contributed by atoms with Crippen LogP contribution >= 0.6 is 17.9 Å². The first-order valence-electron chi connectivity index (χ1n) is 5.17. The topological polar surface area (TPSA) is 12.9 Å². The number of rotatable bonds is 4. The number of benzene rings is 1. The van der Waals surface area contributed by atoms with Crippen LogP contribution in [0, 0.1) is 0 Å². The van der Waals surface area contributed by atoms with Gasteiger partial charge in [0.25, 0.3) is 0 Å². The molecule has 0 aliphatic rings. The van der Waals surface area contributed by atoms with Crippen molar-refractivity contribution in [3.63, 3.8) is 0 Å². The third-order valence-corrected chi connectivity index (χ3v) is 16.9. The Morgan fingerprint density at radius 3 is 2.59 bits per heavy atom. The number of hydrogen-bond donors (Lipinski definition) is 0. The van der Waals surface area contributed by atoms with E-state index in [1.807, 2.05) is 20.3 Å². The summed E-state index contributed by atoms with van der Waals surface area (Å²) >= 11 is -2.94. The number of hydrogen-bond acceptors (Lipinski definition) is 2. The zero-order valence-electron chi connectivity index (χ0n) is 9.27. The van der Waals surface area contributed by atoms with E-state index in [2.05, 4.69) is 36.3 Å². The van der Waals surface area contributed by atoms with Crippen molar-refractivity contribution in [2.24, 2.45) is 0 Å². The van der Waals surface area contributed by atoms with Crippen LogP contribution in [0.15, 0.2) is 62.8 Å². The van der Waals surface area contributed by atoms with Crippen LogP contribution in [0.1, 0.15) is 0 Å². The molecule has 0 aliphatic heterocycles. The molecule has 0 unspecified atom stereocenters. The molecule has 0 spiro atoms. The molecule has 0 atom stereocenters. The van der Waals surface area contributed by atoms with Gasteiger partial charge in [-0.15, -0.1) is 0 Å². The molecular weight excluding hydrogens is 356 g/mol. The number of aromatic nitrogens is 1. The molecule has 0 bridgehead atoms. The quantitative estimate of drug-likeness (QED) is 0.739. The summed E-state index contributed by atoms with van der Waals surface area (Å²) in [4.78, 5) is 5.54. The van der Waals surface area contributed by atoms with Gasteiger partial charge in [-0.25, -0.2) is 0 Å². The Labute approximate surface area is 112 Å². The Morgan fingerprint density at radius 2 is 1.88 bits per heavy atom. The summed E-state index contributed by atoms with van der Waals surface area (Å²) in [5.74, 6) is 0. The van der Waals surface area contributed by atoms with E-state index in [9.17, 15) is 0 Å². The number of pyridine rings is 1. The molecule has 4 heteroatoms. The van der Waals surface area contributed by atoms with Crippen LogP contribution in [-0.4, -0.2) is 20.9 Å². The number of nitrogens with zero attached hydrogens (tertiary/aromatic N) is 1. The zero-order valence-corrected chi connectivity index (χ0v) is 13.7. The molecule has 1 heterocycles. The van der Waals surface area contributed by atoms with Gasteiger partial charge < -0.3 is 0 Å². The van der Waals surface area contributed by atoms with Crippen molar-refractivity contribution in [1.29, 1.82) is 0 Å². The fourth-order valence-electron chi connectivity index (χ4n) is 1.49. The molecule has 0 radical (unpaired) electrons. The maximum atomic E-state index is 6.55. The van der Waals surface area contributed by atoms with Crippen LogP contribution in [-0.2, 0) is 0 Å². The molecule has 0 aliphatic carbocycles. The zero-order chi connectivity index (χ0) is 12.3. The molecule has 0 N–H and O–H groups in total. The van der Waals surface area contributed by atoms with Crippen molar-refractivity contribution in [1.82, 2.24) is 4.98 Å². The molecule has 1 nitrogen and oxygen atoms in total. The van der Waals surface area contributed by atoms with Crippen LogP contribution < -0.4 is 0 Å². The summed E-state index contributed by atoms with van der Waals surface area (Å²) in [6, 6.07) is 10.1. The first kappa shape index (κ1) is 13.0. The van der Waals surface area contributed by atoms with Crippen molar-refractivity contribution in [2.75, 3.05) is 0 Å². The third-order valence-electron chi connectivity index (χ3n) is 2.42. The van der Waals surface area contributed by atoms with Gasteiger partial charge in [-0.1, -0.05) is 0 Å². The van der Waals surface area contributed by atoms with E-state index in [1.54, 1.807) is 15.1 Å². The second-order valence-electron chi connectivity index (χ2n) is 3.54. The van der Waals surface area contributed by atoms with Gasteiger partial charge >= 0.3 is 112 Å². The van der Waals surface area contributed by atoms with Crippen LogP contribution in [0.5, 0.6) is 0 Å². The molecule has 2 aromatic rings. The number of fused-ring (bicyclic) bond motifs is 1. The monoisotopic (exact) mass is 369 g/mol. The molecule has 0 fully saturated rings. The van der Waals surface area contributed by atoms with Gasteiger partial charge in [0.1, 0.15) is 0 Å². The average molecular weight is 368 g/mol. The van der Waals surface area contributed by atoms with Gasteiger partial charge in [0.15, 0.2) is 0 Å². The Hall–Kier alpha value is -0.451. The summed E-state index contributed by atoms with van der Waals surface area (Å²) in [6.07, 6.45) is 1.81. The molecule has 0 saturated carbocycles. The second kappa shape index (κ2) is 5.46. The van der Waals surface area contributed by atoms with E-state index < -0.39 is 15.9 Å². The standard InChI is InChI=1S/C9H7NS.2C2H3.ClH.Sn/c11-8-5-1-3-7-4-2-6-10-9(7)8;2*1-2;;/h1-6,11H;2*1H,2H2;1H;/q;;;;+2/p-2. The molecule has 0 saturated heterocycles. The normalized spacial score (nSPS) is 11.4. The third kappa shape index (κ3) is 2.87. The fraction of sp³-hybridized carbons (Fsp3) is 0. The minimum absolute atomic E-state index is 1.01. The van der Waals surface area contributed by atoms with Crippen LogP contribution in [0.25, 0.3) is 10.9 Å². The van der Waals surface area contributed by atoms with Gasteiger partial charge in [-0.3, -0.25) is 0 Å². The molecular formula is C13H12ClNSSn. The summed E-state index contributed by atoms with van der Waals surface area (Å²) in [5.41, 5.74) is 1.01. The van der Waals surface area contributed by atoms with Crippen molar-refractivity contribution < 1.29 is 0 Å². The van der Waals surface area contributed by atoms with E-state index >= 15 is 0 Å². The van der Waals surface area contributed by atoms with Gasteiger partial charge in [-0.05, 0) is 0 Å². The molecule has 17 heavy (non-hydrogen) atoms. The van der Waals surface area contributed by atoms with Gasteiger partial charge in [-0.2, -0.15) is 0 Å². The molecule has 1 aromatic carbocycles. The van der Waals surface area contributed by atoms with Gasteiger partial charge in [0.2, 0.25) is 0 Å². The predicted octanol–water partition coefficient (Wildman–Crippen LogP) is 4.46. The Morgan fingerprint density at radius 1 is 1.18 bits per heavy atom. The van der Waals surface area contributed by atoms with Crippen LogP contribution in [0.2, 0.25) is 0 Å². The van der Waals surface area contributed by atoms with Crippen LogP contribution in [0.3, 0.4) is 0 Å². The van der Waals surface area contributed by atoms with Gasteiger partial charge in [0.05, 0.1) is 0 Å². The van der Waals surface area contributed by atoms with Crippen LogP contribution in [0.4, 0.5) is 0 Å². The summed E-state index contributed by atoms with van der Waals surface area (Å²) < 4.78 is 3.77. The van der Waals surface area contributed by atoms with Crippen molar-refractivity contribution in [3.8, 4) is 0 Å². The SMILES string of the molecule is C=[CH][Sn]([Cl])([CH]=C)[S]c1cccc2cccnc12. The van der Waals surface area contributed by atoms with E-state index in [1.165, 1.54) is 0 Å². The first-order chi connectivity index (χ1) is 8.18. The molecule has 86 valence electrons. The van der Waals surface area contributed by atoms with E-state index in [0.717, 1.165) is 15.8 Å². The molecule has 1 aromatic heterocycles. The fourth-order valence-corrected chi connectivity index (χ4v) is 10.3. The Balaban J connectivity index is 2.49. The maximum absolute atomic E-state index is 6.55. The second-order valence-corrected chi connectivity index (χ2v) is 22.5. The van der Waals surface area contributed by atoms with E-state index in [-0.39, 0.29) is 0 Å². The number of halogens is 1. The summed E-state index contributed by atoms with van der Waals surface area (Å²) in [5, 5.41) is 1.14. The Kier molecular flexibility index (Phi) is 4.17. The van der Waals surface area contributed by atoms with Gasteiger partial charge in [0, 0.05) is 0 Å². The minimum atomic E-state index is -2.94. The average Bonchev–Trinajstić information content (AvgIpc) is 2.39. The van der Waals surface area contributed by atoms with E-state index in [4.69, 9.17) is 8.92 Å². The summed E-state index contributed by atoms with van der Waals surface area (Å²) in [7, 11) is 8.25. The van der Waals surface area contributed by atoms with Crippen molar-refractivity contribution in [3.05, 3.63) is 57.9 Å². The molecule has 2 rings (SSSR count). The first-order valence-corrected chi connectivity index (χ1v) is 16.4.